The number of hydrogen-bond acceptors (Lipinski definition) is 2. The van der Waals surface area contributed by atoms with Gasteiger partial charge < -0.3 is 9.47 Å². The third kappa shape index (κ3) is 1.88. The molecule has 1 aliphatic heterocycles. The standard InChI is InChI=1S/C19H13O2/c1-3-9-15(10-4-1)19(16-11-5-2-6-12-16)20-17-13-7-8-14-18(17)21-19/h1-7,9-14H. The van der Waals surface area contributed by atoms with Crippen LogP contribution in [0.1, 0.15) is 11.1 Å². The molecule has 0 amide bonds. The Kier molecular flexibility index (Phi) is 2.68. The SMILES string of the molecule is [c]1ccc2c(c1)OC(c1ccccc1)(c1ccccc1)O2. The lowest BCUT2D eigenvalue weighted by Gasteiger charge is -2.28. The van der Waals surface area contributed by atoms with Gasteiger partial charge in [-0.25, -0.2) is 0 Å². The van der Waals surface area contributed by atoms with Crippen molar-refractivity contribution >= 4 is 0 Å². The van der Waals surface area contributed by atoms with Crippen molar-refractivity contribution < 1.29 is 9.47 Å². The summed E-state index contributed by atoms with van der Waals surface area (Å²) in [6, 6.07) is 28.5. The van der Waals surface area contributed by atoms with Crippen LogP contribution >= 0.6 is 0 Å². The van der Waals surface area contributed by atoms with Gasteiger partial charge in [-0.05, 0) is 18.2 Å². The van der Waals surface area contributed by atoms with Gasteiger partial charge >= 0.3 is 5.79 Å². The average molecular weight is 273 g/mol. The van der Waals surface area contributed by atoms with Crippen molar-refractivity contribution in [2.75, 3.05) is 0 Å². The first-order valence-electron chi connectivity index (χ1n) is 6.88. The summed E-state index contributed by atoms with van der Waals surface area (Å²) in [5.74, 6) is 0.520. The Bertz CT molecular complexity index is 684. The molecule has 0 fully saturated rings. The van der Waals surface area contributed by atoms with E-state index in [1.165, 1.54) is 0 Å². The third-order valence-corrected chi connectivity index (χ3v) is 3.60. The Morgan fingerprint density at radius 3 is 1.81 bits per heavy atom. The van der Waals surface area contributed by atoms with Crippen LogP contribution in [0.25, 0.3) is 0 Å². The van der Waals surface area contributed by atoms with Crippen LogP contribution in [-0.4, -0.2) is 0 Å². The first kappa shape index (κ1) is 12.0. The van der Waals surface area contributed by atoms with E-state index in [9.17, 15) is 0 Å². The maximum atomic E-state index is 6.22. The normalized spacial score (nSPS) is 14.9. The lowest BCUT2D eigenvalue weighted by Crippen LogP contribution is -2.36. The van der Waals surface area contributed by atoms with Crippen molar-refractivity contribution in [2.24, 2.45) is 0 Å². The molecule has 101 valence electrons. The molecule has 2 heteroatoms. The van der Waals surface area contributed by atoms with E-state index in [0.717, 1.165) is 16.9 Å². The topological polar surface area (TPSA) is 18.5 Å². The molecule has 0 bridgehead atoms. The van der Waals surface area contributed by atoms with Crippen LogP contribution in [0.2, 0.25) is 0 Å². The molecular formula is C19H13O2. The van der Waals surface area contributed by atoms with Crippen LogP contribution in [0.15, 0.2) is 78.9 Å². The lowest BCUT2D eigenvalue weighted by atomic mass is 9.97. The minimum atomic E-state index is -0.931. The molecule has 21 heavy (non-hydrogen) atoms. The number of ether oxygens (including phenoxy) is 2. The summed E-state index contributed by atoms with van der Waals surface area (Å²) < 4.78 is 12.4. The van der Waals surface area contributed by atoms with E-state index in [2.05, 4.69) is 6.07 Å². The van der Waals surface area contributed by atoms with Crippen molar-refractivity contribution in [3.8, 4) is 11.5 Å². The largest absolute Gasteiger partial charge is 0.440 e. The summed E-state index contributed by atoms with van der Waals surface area (Å²) in [5, 5.41) is 0. The molecule has 0 aromatic heterocycles. The average Bonchev–Trinajstić information content (AvgIpc) is 2.97. The van der Waals surface area contributed by atoms with Crippen LogP contribution in [0, 0.1) is 6.07 Å². The van der Waals surface area contributed by atoms with Gasteiger partial charge in [0, 0.05) is 11.1 Å². The Hall–Kier alpha value is -2.74. The summed E-state index contributed by atoms with van der Waals surface area (Å²) in [7, 11) is 0. The van der Waals surface area contributed by atoms with Crippen molar-refractivity contribution in [3.05, 3.63) is 96.1 Å². The first-order chi connectivity index (χ1) is 10.4. The van der Waals surface area contributed by atoms with Crippen molar-refractivity contribution in [1.29, 1.82) is 0 Å². The Morgan fingerprint density at radius 2 is 1.24 bits per heavy atom. The smallest absolute Gasteiger partial charge is 0.305 e. The van der Waals surface area contributed by atoms with Gasteiger partial charge in [-0.3, -0.25) is 0 Å². The predicted octanol–water partition coefficient (Wildman–Crippen LogP) is 4.16. The van der Waals surface area contributed by atoms with Crippen LogP contribution in [0.4, 0.5) is 0 Å². The fraction of sp³-hybridized carbons (Fsp3) is 0.0526. The van der Waals surface area contributed by atoms with Gasteiger partial charge in [0.25, 0.3) is 0 Å². The second-order valence-corrected chi connectivity index (χ2v) is 4.93. The molecule has 0 saturated carbocycles. The molecule has 0 aliphatic carbocycles. The van der Waals surface area contributed by atoms with Gasteiger partial charge in [0.2, 0.25) is 0 Å². The summed E-state index contributed by atoms with van der Waals surface area (Å²) >= 11 is 0. The van der Waals surface area contributed by atoms with Gasteiger partial charge in [0.15, 0.2) is 11.5 Å². The van der Waals surface area contributed by atoms with Crippen molar-refractivity contribution in [1.82, 2.24) is 0 Å². The summed E-state index contributed by atoms with van der Waals surface area (Å²) in [6.07, 6.45) is 0. The highest BCUT2D eigenvalue weighted by atomic mass is 16.7. The molecule has 1 radical (unpaired) electrons. The highest BCUT2D eigenvalue weighted by Crippen LogP contribution is 2.47. The molecule has 0 N–H and O–H groups in total. The molecule has 2 nitrogen and oxygen atoms in total. The van der Waals surface area contributed by atoms with Crippen LogP contribution in [0.5, 0.6) is 11.5 Å². The number of benzene rings is 3. The highest BCUT2D eigenvalue weighted by Gasteiger charge is 2.45. The third-order valence-electron chi connectivity index (χ3n) is 3.60. The number of hydrogen-bond donors (Lipinski definition) is 0. The van der Waals surface area contributed by atoms with E-state index in [1.807, 2.05) is 78.9 Å². The van der Waals surface area contributed by atoms with Gasteiger partial charge in [0.1, 0.15) is 0 Å². The Labute approximate surface area is 123 Å². The predicted molar refractivity (Wildman–Crippen MR) is 80.2 cm³/mol. The zero-order valence-corrected chi connectivity index (χ0v) is 11.3. The quantitative estimate of drug-likeness (QED) is 0.698. The van der Waals surface area contributed by atoms with Crippen LogP contribution < -0.4 is 9.47 Å². The first-order valence-corrected chi connectivity index (χ1v) is 6.88. The van der Waals surface area contributed by atoms with Crippen molar-refractivity contribution in [2.45, 2.75) is 5.79 Å². The van der Waals surface area contributed by atoms with E-state index < -0.39 is 5.79 Å². The van der Waals surface area contributed by atoms with E-state index in [0.29, 0.717) is 5.75 Å². The number of rotatable bonds is 2. The van der Waals surface area contributed by atoms with Crippen LogP contribution in [0.3, 0.4) is 0 Å². The summed E-state index contributed by atoms with van der Waals surface area (Å²) in [4.78, 5) is 0. The van der Waals surface area contributed by atoms with E-state index in [1.54, 1.807) is 0 Å². The summed E-state index contributed by atoms with van der Waals surface area (Å²) in [5.41, 5.74) is 1.93. The molecule has 0 saturated heterocycles. The Balaban J connectivity index is 1.90. The second kappa shape index (κ2) is 4.67. The molecule has 3 aromatic rings. The zero-order chi connectivity index (χ0) is 14.1. The maximum absolute atomic E-state index is 6.22. The minimum Gasteiger partial charge on any atom is -0.440 e. The lowest BCUT2D eigenvalue weighted by molar-refractivity contribution is -0.0459. The monoisotopic (exact) mass is 273 g/mol. The highest BCUT2D eigenvalue weighted by molar-refractivity contribution is 5.48. The number of fused-ring (bicyclic) bond motifs is 1. The Morgan fingerprint density at radius 1 is 0.667 bits per heavy atom. The molecular weight excluding hydrogens is 260 g/mol. The van der Waals surface area contributed by atoms with Gasteiger partial charge in [-0.1, -0.05) is 66.7 Å². The van der Waals surface area contributed by atoms with Gasteiger partial charge in [-0.15, -0.1) is 0 Å². The van der Waals surface area contributed by atoms with Crippen LogP contribution in [-0.2, 0) is 5.79 Å². The van der Waals surface area contributed by atoms with E-state index >= 15 is 0 Å². The second-order valence-electron chi connectivity index (χ2n) is 4.93. The molecule has 4 rings (SSSR count). The molecule has 0 atom stereocenters. The van der Waals surface area contributed by atoms with E-state index in [-0.39, 0.29) is 0 Å². The molecule has 1 heterocycles. The molecule has 1 aliphatic rings. The molecule has 3 aromatic carbocycles. The zero-order valence-electron chi connectivity index (χ0n) is 11.3. The fourth-order valence-electron chi connectivity index (χ4n) is 2.61. The van der Waals surface area contributed by atoms with Gasteiger partial charge in [-0.2, -0.15) is 0 Å². The maximum Gasteiger partial charge on any atom is 0.305 e. The van der Waals surface area contributed by atoms with E-state index in [4.69, 9.17) is 9.47 Å². The van der Waals surface area contributed by atoms with Crippen molar-refractivity contribution in [3.63, 3.8) is 0 Å². The van der Waals surface area contributed by atoms with Gasteiger partial charge in [0.05, 0.1) is 0 Å². The molecule has 0 spiro atoms. The minimum absolute atomic E-state index is 0.713. The molecule has 0 unspecified atom stereocenters. The fourth-order valence-corrected chi connectivity index (χ4v) is 2.61. The summed E-state index contributed by atoms with van der Waals surface area (Å²) in [6.45, 7) is 0.